The molecular weight excluding hydrogens is 332 g/mol. The van der Waals surface area contributed by atoms with Crippen molar-refractivity contribution in [3.8, 4) is 5.75 Å². The maximum atomic E-state index is 12.2. The lowest BCUT2D eigenvalue weighted by atomic mass is 10.1. The standard InChI is InChI=1S/C12H13BrN2O3S/c1-8-4-9(2)6-10(5-8)18-19(16,17)11-7-14-15(3)12(11)13/h4-7H,1-3H3. The van der Waals surface area contributed by atoms with Crippen LogP contribution in [0, 0.1) is 13.8 Å². The van der Waals surface area contributed by atoms with Gasteiger partial charge in [-0.1, -0.05) is 6.07 Å². The Kier molecular flexibility index (Phi) is 3.69. The number of hydrogen-bond acceptors (Lipinski definition) is 4. The number of aryl methyl sites for hydroxylation is 3. The molecule has 0 spiro atoms. The summed E-state index contributed by atoms with van der Waals surface area (Å²) in [4.78, 5) is 0.00848. The van der Waals surface area contributed by atoms with Gasteiger partial charge < -0.3 is 4.18 Å². The zero-order chi connectivity index (χ0) is 14.2. The molecule has 0 unspecified atom stereocenters. The van der Waals surface area contributed by atoms with E-state index in [2.05, 4.69) is 21.0 Å². The number of hydrogen-bond donors (Lipinski definition) is 0. The van der Waals surface area contributed by atoms with Crippen LogP contribution in [0.4, 0.5) is 0 Å². The van der Waals surface area contributed by atoms with Gasteiger partial charge in [0, 0.05) is 7.05 Å². The van der Waals surface area contributed by atoms with Crippen molar-refractivity contribution in [2.45, 2.75) is 18.7 Å². The molecule has 0 amide bonds. The van der Waals surface area contributed by atoms with Crippen LogP contribution in [0.15, 0.2) is 33.9 Å². The first kappa shape index (κ1) is 14.1. The molecule has 2 rings (SSSR count). The fraction of sp³-hybridized carbons (Fsp3) is 0.250. The van der Waals surface area contributed by atoms with E-state index in [1.165, 1.54) is 10.9 Å². The molecule has 19 heavy (non-hydrogen) atoms. The highest BCUT2D eigenvalue weighted by atomic mass is 79.9. The van der Waals surface area contributed by atoms with Crippen LogP contribution < -0.4 is 4.18 Å². The highest BCUT2D eigenvalue weighted by molar-refractivity contribution is 9.10. The quantitative estimate of drug-likeness (QED) is 0.803. The molecule has 1 aromatic heterocycles. The third-order valence-corrected chi connectivity index (χ3v) is 4.96. The summed E-state index contributed by atoms with van der Waals surface area (Å²) in [7, 11) is -2.25. The van der Waals surface area contributed by atoms with Crippen LogP contribution in [0.25, 0.3) is 0 Å². The fourth-order valence-corrected chi connectivity index (χ4v) is 3.47. The average Bonchev–Trinajstić information content (AvgIpc) is 2.57. The van der Waals surface area contributed by atoms with Gasteiger partial charge in [0.25, 0.3) is 0 Å². The number of benzene rings is 1. The van der Waals surface area contributed by atoms with Gasteiger partial charge in [0.15, 0.2) is 4.90 Å². The molecule has 0 aliphatic rings. The van der Waals surface area contributed by atoms with Crippen LogP contribution in [0.2, 0.25) is 0 Å². The van der Waals surface area contributed by atoms with Crippen LogP contribution in [0.1, 0.15) is 11.1 Å². The Morgan fingerprint density at radius 2 is 1.79 bits per heavy atom. The van der Waals surface area contributed by atoms with Gasteiger partial charge in [0.05, 0.1) is 6.20 Å². The van der Waals surface area contributed by atoms with E-state index in [9.17, 15) is 8.42 Å². The van der Waals surface area contributed by atoms with Crippen LogP contribution in [-0.2, 0) is 17.2 Å². The van der Waals surface area contributed by atoms with Crippen molar-refractivity contribution in [2.24, 2.45) is 7.05 Å². The van der Waals surface area contributed by atoms with E-state index >= 15 is 0 Å². The molecule has 0 aliphatic carbocycles. The SMILES string of the molecule is Cc1cc(C)cc(OS(=O)(=O)c2cnn(C)c2Br)c1. The molecule has 0 saturated heterocycles. The van der Waals surface area contributed by atoms with E-state index in [-0.39, 0.29) is 4.90 Å². The Balaban J connectivity index is 2.39. The van der Waals surface area contributed by atoms with E-state index in [1.807, 2.05) is 19.9 Å². The number of halogens is 1. The highest BCUT2D eigenvalue weighted by Gasteiger charge is 2.23. The minimum absolute atomic E-state index is 0.00848. The molecule has 0 bridgehead atoms. The molecule has 0 saturated carbocycles. The monoisotopic (exact) mass is 344 g/mol. The van der Waals surface area contributed by atoms with Crippen molar-refractivity contribution in [1.29, 1.82) is 0 Å². The van der Waals surface area contributed by atoms with Crippen LogP contribution in [0.5, 0.6) is 5.75 Å². The van der Waals surface area contributed by atoms with Gasteiger partial charge in [0.1, 0.15) is 10.4 Å². The van der Waals surface area contributed by atoms with Crippen LogP contribution in [-0.4, -0.2) is 18.2 Å². The Morgan fingerprint density at radius 3 is 2.26 bits per heavy atom. The molecule has 0 N–H and O–H groups in total. The lowest BCUT2D eigenvalue weighted by Crippen LogP contribution is -2.10. The predicted molar refractivity (Wildman–Crippen MR) is 74.6 cm³/mol. The van der Waals surface area contributed by atoms with E-state index in [4.69, 9.17) is 4.18 Å². The Morgan fingerprint density at radius 1 is 1.21 bits per heavy atom. The number of aromatic nitrogens is 2. The maximum absolute atomic E-state index is 12.2. The van der Waals surface area contributed by atoms with Crippen LogP contribution >= 0.6 is 15.9 Å². The molecule has 0 aliphatic heterocycles. The summed E-state index contributed by atoms with van der Waals surface area (Å²) in [5.74, 6) is 0.299. The summed E-state index contributed by atoms with van der Waals surface area (Å²) in [5, 5.41) is 3.87. The molecule has 1 aromatic carbocycles. The Hall–Kier alpha value is -1.34. The topological polar surface area (TPSA) is 61.2 Å². The second kappa shape index (κ2) is 4.97. The fourth-order valence-electron chi connectivity index (χ4n) is 1.72. The van der Waals surface area contributed by atoms with Gasteiger partial charge in [-0.2, -0.15) is 13.5 Å². The van der Waals surface area contributed by atoms with Gasteiger partial charge in [-0.15, -0.1) is 0 Å². The predicted octanol–water partition coefficient (Wildman–Crippen LogP) is 2.57. The second-order valence-electron chi connectivity index (χ2n) is 4.28. The van der Waals surface area contributed by atoms with E-state index in [0.717, 1.165) is 11.1 Å². The normalized spacial score (nSPS) is 11.6. The van der Waals surface area contributed by atoms with E-state index in [0.29, 0.717) is 10.4 Å². The smallest absolute Gasteiger partial charge is 0.343 e. The van der Waals surface area contributed by atoms with Crippen molar-refractivity contribution in [3.05, 3.63) is 40.1 Å². The lowest BCUT2D eigenvalue weighted by molar-refractivity contribution is 0.485. The summed E-state index contributed by atoms with van der Waals surface area (Å²) >= 11 is 3.17. The average molecular weight is 345 g/mol. The van der Waals surface area contributed by atoms with Gasteiger partial charge in [0.2, 0.25) is 0 Å². The van der Waals surface area contributed by atoms with Crippen molar-refractivity contribution in [2.75, 3.05) is 0 Å². The largest absolute Gasteiger partial charge is 0.379 e. The van der Waals surface area contributed by atoms with E-state index in [1.54, 1.807) is 19.2 Å². The molecule has 5 nitrogen and oxygen atoms in total. The van der Waals surface area contributed by atoms with E-state index < -0.39 is 10.1 Å². The third kappa shape index (κ3) is 2.98. The first-order chi connectivity index (χ1) is 8.79. The highest BCUT2D eigenvalue weighted by Crippen LogP contribution is 2.25. The maximum Gasteiger partial charge on any atom is 0.343 e. The summed E-state index contributed by atoms with van der Waals surface area (Å²) < 4.78 is 31.2. The summed E-state index contributed by atoms with van der Waals surface area (Å²) in [6.45, 7) is 3.76. The molecule has 1 heterocycles. The zero-order valence-electron chi connectivity index (χ0n) is 10.7. The third-order valence-electron chi connectivity index (χ3n) is 2.51. The first-order valence-electron chi connectivity index (χ1n) is 5.50. The van der Waals surface area contributed by atoms with Gasteiger partial charge in [-0.05, 0) is 53.0 Å². The van der Waals surface area contributed by atoms with Crippen molar-refractivity contribution < 1.29 is 12.6 Å². The molecule has 0 radical (unpaired) electrons. The van der Waals surface area contributed by atoms with Crippen molar-refractivity contribution >= 4 is 26.0 Å². The van der Waals surface area contributed by atoms with Gasteiger partial charge in [-0.25, -0.2) is 0 Å². The number of rotatable bonds is 3. The first-order valence-corrected chi connectivity index (χ1v) is 7.70. The molecule has 0 fully saturated rings. The Labute approximate surface area is 120 Å². The van der Waals surface area contributed by atoms with Gasteiger partial charge >= 0.3 is 10.1 Å². The van der Waals surface area contributed by atoms with Gasteiger partial charge in [-0.3, -0.25) is 4.68 Å². The molecule has 7 heteroatoms. The summed E-state index contributed by atoms with van der Waals surface area (Å²) in [5.41, 5.74) is 1.88. The molecule has 102 valence electrons. The Bertz CT molecular complexity index is 702. The summed E-state index contributed by atoms with van der Waals surface area (Å²) in [6.07, 6.45) is 1.25. The van der Waals surface area contributed by atoms with Crippen molar-refractivity contribution in [1.82, 2.24) is 9.78 Å². The van der Waals surface area contributed by atoms with Crippen LogP contribution in [0.3, 0.4) is 0 Å². The second-order valence-corrected chi connectivity index (χ2v) is 6.55. The zero-order valence-corrected chi connectivity index (χ0v) is 13.1. The number of nitrogens with zero attached hydrogens (tertiary/aromatic N) is 2. The lowest BCUT2D eigenvalue weighted by Gasteiger charge is -2.07. The minimum Gasteiger partial charge on any atom is -0.379 e. The van der Waals surface area contributed by atoms with Crippen molar-refractivity contribution in [3.63, 3.8) is 0 Å². The summed E-state index contributed by atoms with van der Waals surface area (Å²) in [6, 6.07) is 5.29. The molecular formula is C12H13BrN2O3S. The minimum atomic E-state index is -3.89. The molecule has 2 aromatic rings. The molecule has 0 atom stereocenters.